The molecule has 0 amide bonds. The summed E-state index contributed by atoms with van der Waals surface area (Å²) >= 11 is 0. The van der Waals surface area contributed by atoms with Gasteiger partial charge in [-0.1, -0.05) is 34.6 Å². The maximum absolute atomic E-state index is 11.7. The molecule has 2 aliphatic rings. The molecule has 2 rings (SSSR count). The van der Waals surface area contributed by atoms with Gasteiger partial charge in [0.1, 0.15) is 0 Å². The Morgan fingerprint density at radius 3 is 2.00 bits per heavy atom. The molecule has 0 aliphatic heterocycles. The Hall–Kier alpha value is -0.530. The molecule has 0 saturated heterocycles. The summed E-state index contributed by atoms with van der Waals surface area (Å²) in [5, 5.41) is 9.66. The lowest BCUT2D eigenvalue weighted by atomic mass is 9.59. The van der Waals surface area contributed by atoms with E-state index in [2.05, 4.69) is 34.6 Å². The Bertz CT molecular complexity index is 358. The van der Waals surface area contributed by atoms with Crippen molar-refractivity contribution in [3.8, 4) is 0 Å². The molecule has 0 heterocycles. The highest BCUT2D eigenvalue weighted by Crippen LogP contribution is 2.49. The predicted octanol–water partition coefficient (Wildman–Crippen LogP) is 5.22. The molecule has 5 unspecified atom stereocenters. The fourth-order valence-electron chi connectivity index (χ4n) is 5.18. The molecule has 2 fully saturated rings. The first kappa shape index (κ1) is 16.8. The van der Waals surface area contributed by atoms with Crippen LogP contribution in [0, 0.1) is 40.9 Å². The van der Waals surface area contributed by atoms with Gasteiger partial charge >= 0.3 is 5.97 Å². The van der Waals surface area contributed by atoms with Crippen molar-refractivity contribution in [3.63, 3.8) is 0 Å². The third-order valence-electron chi connectivity index (χ3n) is 6.26. The smallest absolute Gasteiger partial charge is 0.306 e. The van der Waals surface area contributed by atoms with E-state index in [0.717, 1.165) is 31.1 Å². The van der Waals surface area contributed by atoms with Gasteiger partial charge in [-0.05, 0) is 73.5 Å². The maximum Gasteiger partial charge on any atom is 0.306 e. The second-order valence-electron chi connectivity index (χ2n) is 9.16. The number of carbonyl (C=O) groups is 1. The molecule has 0 aromatic carbocycles. The summed E-state index contributed by atoms with van der Waals surface area (Å²) in [6.45, 7) is 11.7. The second-order valence-corrected chi connectivity index (χ2v) is 9.16. The Morgan fingerprint density at radius 1 is 0.952 bits per heavy atom. The van der Waals surface area contributed by atoms with Gasteiger partial charge in [0.05, 0.1) is 5.92 Å². The summed E-state index contributed by atoms with van der Waals surface area (Å²) < 4.78 is 0. The molecule has 2 aliphatic carbocycles. The van der Waals surface area contributed by atoms with Crippen LogP contribution in [0.25, 0.3) is 0 Å². The van der Waals surface area contributed by atoms with Crippen LogP contribution in [0.3, 0.4) is 0 Å². The Labute approximate surface area is 130 Å². The van der Waals surface area contributed by atoms with E-state index in [1.807, 2.05) is 0 Å². The Morgan fingerprint density at radius 2 is 1.52 bits per heavy atom. The molecule has 2 nitrogen and oxygen atoms in total. The van der Waals surface area contributed by atoms with Gasteiger partial charge in [-0.15, -0.1) is 0 Å². The van der Waals surface area contributed by atoms with Gasteiger partial charge in [0.25, 0.3) is 0 Å². The normalized spacial score (nSPS) is 41.8. The highest BCUT2D eigenvalue weighted by Gasteiger charge is 2.43. The lowest BCUT2D eigenvalue weighted by Crippen LogP contribution is -2.40. The lowest BCUT2D eigenvalue weighted by Gasteiger charge is -2.46. The van der Waals surface area contributed by atoms with E-state index in [1.165, 1.54) is 19.3 Å². The van der Waals surface area contributed by atoms with Gasteiger partial charge < -0.3 is 5.11 Å². The van der Waals surface area contributed by atoms with E-state index >= 15 is 0 Å². The summed E-state index contributed by atoms with van der Waals surface area (Å²) in [5.74, 6) is 2.63. The quantitative estimate of drug-likeness (QED) is 0.758. The number of carboxylic acids is 1. The molecule has 122 valence electrons. The van der Waals surface area contributed by atoms with Crippen LogP contribution >= 0.6 is 0 Å². The topological polar surface area (TPSA) is 37.3 Å². The predicted molar refractivity (Wildman–Crippen MR) is 87.1 cm³/mol. The third-order valence-corrected chi connectivity index (χ3v) is 6.26. The van der Waals surface area contributed by atoms with Crippen LogP contribution < -0.4 is 0 Å². The molecule has 0 aromatic rings. The molecule has 0 aromatic heterocycles. The van der Waals surface area contributed by atoms with E-state index in [0.29, 0.717) is 23.2 Å². The summed E-state index contributed by atoms with van der Waals surface area (Å²) in [6, 6.07) is 0. The van der Waals surface area contributed by atoms with Crippen LogP contribution in [0.1, 0.15) is 73.1 Å². The SMILES string of the molecule is CC1CC(C)CC(C2CC(C(C)(C)C)CCC2C(=O)O)C1. The van der Waals surface area contributed by atoms with Gasteiger partial charge in [-0.2, -0.15) is 0 Å². The minimum Gasteiger partial charge on any atom is -0.481 e. The minimum atomic E-state index is -0.543. The van der Waals surface area contributed by atoms with Crippen LogP contribution in [-0.4, -0.2) is 11.1 Å². The summed E-state index contributed by atoms with van der Waals surface area (Å²) in [5.41, 5.74) is 0.313. The van der Waals surface area contributed by atoms with Crippen molar-refractivity contribution in [3.05, 3.63) is 0 Å². The molecular formula is C19H34O2. The monoisotopic (exact) mass is 294 g/mol. The van der Waals surface area contributed by atoms with Crippen LogP contribution in [-0.2, 0) is 4.79 Å². The third kappa shape index (κ3) is 4.02. The zero-order valence-corrected chi connectivity index (χ0v) is 14.6. The van der Waals surface area contributed by atoms with Crippen molar-refractivity contribution in [2.45, 2.75) is 73.1 Å². The second kappa shape index (κ2) is 6.30. The van der Waals surface area contributed by atoms with Gasteiger partial charge in [0.15, 0.2) is 0 Å². The summed E-state index contributed by atoms with van der Waals surface area (Å²) in [6.07, 6.45) is 6.93. The Balaban J connectivity index is 2.15. The van der Waals surface area contributed by atoms with Crippen molar-refractivity contribution >= 4 is 5.97 Å². The maximum atomic E-state index is 11.7. The number of hydrogen-bond acceptors (Lipinski definition) is 1. The highest BCUT2D eigenvalue weighted by molar-refractivity contribution is 5.70. The van der Waals surface area contributed by atoms with Crippen molar-refractivity contribution in [2.24, 2.45) is 40.9 Å². The van der Waals surface area contributed by atoms with Crippen LogP contribution in [0.5, 0.6) is 0 Å². The molecule has 0 bridgehead atoms. The standard InChI is InChI=1S/C19H34O2/c1-12-8-13(2)10-14(9-12)17-11-15(19(3,4)5)6-7-16(17)18(20)21/h12-17H,6-11H2,1-5H3,(H,20,21). The van der Waals surface area contributed by atoms with E-state index in [4.69, 9.17) is 0 Å². The average molecular weight is 294 g/mol. The van der Waals surface area contributed by atoms with E-state index in [9.17, 15) is 9.90 Å². The highest BCUT2D eigenvalue weighted by atomic mass is 16.4. The van der Waals surface area contributed by atoms with Crippen LogP contribution in [0.15, 0.2) is 0 Å². The van der Waals surface area contributed by atoms with E-state index in [-0.39, 0.29) is 5.92 Å². The fourth-order valence-corrected chi connectivity index (χ4v) is 5.18. The average Bonchev–Trinajstić information content (AvgIpc) is 2.35. The van der Waals surface area contributed by atoms with Gasteiger partial charge in [-0.25, -0.2) is 0 Å². The number of carboxylic acid groups (broad SMARTS) is 1. The number of hydrogen-bond donors (Lipinski definition) is 1. The molecule has 5 atom stereocenters. The molecule has 1 N–H and O–H groups in total. The summed E-state index contributed by atoms with van der Waals surface area (Å²) in [7, 11) is 0. The lowest BCUT2D eigenvalue weighted by molar-refractivity contribution is -0.148. The number of rotatable bonds is 2. The summed E-state index contributed by atoms with van der Waals surface area (Å²) in [4.78, 5) is 11.7. The van der Waals surface area contributed by atoms with Gasteiger partial charge in [0, 0.05) is 0 Å². The zero-order valence-electron chi connectivity index (χ0n) is 14.6. The van der Waals surface area contributed by atoms with Crippen LogP contribution in [0.2, 0.25) is 0 Å². The van der Waals surface area contributed by atoms with Crippen molar-refractivity contribution in [1.29, 1.82) is 0 Å². The van der Waals surface area contributed by atoms with Gasteiger partial charge in [-0.3, -0.25) is 4.79 Å². The molecule has 0 radical (unpaired) electrons. The molecule has 2 saturated carbocycles. The molecule has 2 heteroatoms. The first-order chi connectivity index (χ1) is 9.68. The zero-order chi connectivity index (χ0) is 15.8. The first-order valence-electron chi connectivity index (χ1n) is 8.91. The first-order valence-corrected chi connectivity index (χ1v) is 8.91. The van der Waals surface area contributed by atoms with Crippen molar-refractivity contribution < 1.29 is 9.90 Å². The van der Waals surface area contributed by atoms with Gasteiger partial charge in [0.2, 0.25) is 0 Å². The molecular weight excluding hydrogens is 260 g/mol. The molecule has 21 heavy (non-hydrogen) atoms. The number of aliphatic carboxylic acids is 1. The fraction of sp³-hybridized carbons (Fsp3) is 0.947. The minimum absolute atomic E-state index is 0.0916. The van der Waals surface area contributed by atoms with Crippen LogP contribution in [0.4, 0.5) is 0 Å². The Kier molecular flexibility index (Phi) is 5.05. The van der Waals surface area contributed by atoms with Crippen molar-refractivity contribution in [1.82, 2.24) is 0 Å². The largest absolute Gasteiger partial charge is 0.481 e. The van der Waals surface area contributed by atoms with E-state index < -0.39 is 5.97 Å². The molecule has 0 spiro atoms. The van der Waals surface area contributed by atoms with Crippen molar-refractivity contribution in [2.75, 3.05) is 0 Å². The van der Waals surface area contributed by atoms with E-state index in [1.54, 1.807) is 0 Å².